The van der Waals surface area contributed by atoms with E-state index < -0.39 is 0 Å². The number of carbonyl (C=O) groups excluding carboxylic acids is 2. The highest BCUT2D eigenvalue weighted by Gasteiger charge is 2.26. The molecule has 1 N–H and O–H groups in total. The van der Waals surface area contributed by atoms with Crippen molar-refractivity contribution in [3.63, 3.8) is 0 Å². The first kappa shape index (κ1) is 15.9. The van der Waals surface area contributed by atoms with Crippen LogP contribution in [0.5, 0.6) is 11.5 Å². The maximum Gasteiger partial charge on any atom is 0.246 e. The topological polar surface area (TPSA) is 67.9 Å². The van der Waals surface area contributed by atoms with E-state index in [1.807, 2.05) is 18.2 Å². The molecule has 1 aromatic rings. The summed E-state index contributed by atoms with van der Waals surface area (Å²) in [5, 5.41) is 2.93. The van der Waals surface area contributed by atoms with Gasteiger partial charge in [0.1, 0.15) is 0 Å². The number of rotatable bonds is 5. The number of benzene rings is 1. The minimum atomic E-state index is -0.288. The lowest BCUT2D eigenvalue weighted by atomic mass is 10.00. The van der Waals surface area contributed by atoms with Crippen LogP contribution < -0.4 is 14.8 Å². The zero-order valence-corrected chi connectivity index (χ0v) is 12.8. The average Bonchev–Trinajstić information content (AvgIpc) is 2.53. The minimum absolute atomic E-state index is 0.0124. The number of nitrogens with zero attached hydrogens (tertiary/aromatic N) is 1. The SMILES string of the molecule is C=CC(=O)N(C)CC(=O)NC1CCOc2c(OC)cccc21. The van der Waals surface area contributed by atoms with Gasteiger partial charge in [0.2, 0.25) is 11.8 Å². The standard InChI is InChI=1S/C16H20N2O4/c1-4-15(20)18(2)10-14(19)17-12-8-9-22-16-11(12)6-5-7-13(16)21-3/h4-7,12H,1,8-10H2,2-3H3,(H,17,19). The van der Waals surface area contributed by atoms with Crippen LogP contribution in [0.15, 0.2) is 30.9 Å². The summed E-state index contributed by atoms with van der Waals surface area (Å²) in [5.41, 5.74) is 0.886. The third-order valence-electron chi connectivity index (χ3n) is 3.52. The van der Waals surface area contributed by atoms with Crippen LogP contribution >= 0.6 is 0 Å². The van der Waals surface area contributed by atoms with E-state index in [4.69, 9.17) is 9.47 Å². The lowest BCUT2D eigenvalue weighted by molar-refractivity contribution is -0.131. The number of para-hydroxylation sites is 1. The van der Waals surface area contributed by atoms with E-state index in [9.17, 15) is 9.59 Å². The summed E-state index contributed by atoms with van der Waals surface area (Å²) in [6.45, 7) is 3.89. The lowest BCUT2D eigenvalue weighted by Crippen LogP contribution is -2.40. The second-order valence-corrected chi connectivity index (χ2v) is 5.03. The zero-order valence-electron chi connectivity index (χ0n) is 12.8. The van der Waals surface area contributed by atoms with Crippen LogP contribution in [0.2, 0.25) is 0 Å². The fraction of sp³-hybridized carbons (Fsp3) is 0.375. The Morgan fingerprint density at radius 3 is 3.00 bits per heavy atom. The number of hydrogen-bond donors (Lipinski definition) is 1. The summed E-state index contributed by atoms with van der Waals surface area (Å²) >= 11 is 0. The second kappa shape index (κ2) is 6.98. The van der Waals surface area contributed by atoms with Crippen LogP contribution in [-0.2, 0) is 9.59 Å². The van der Waals surface area contributed by atoms with Crippen LogP contribution in [0.25, 0.3) is 0 Å². The quantitative estimate of drug-likeness (QED) is 0.832. The molecule has 22 heavy (non-hydrogen) atoms. The molecule has 0 bridgehead atoms. The monoisotopic (exact) mass is 304 g/mol. The van der Waals surface area contributed by atoms with Gasteiger partial charge in [0, 0.05) is 19.0 Å². The van der Waals surface area contributed by atoms with E-state index in [2.05, 4.69) is 11.9 Å². The van der Waals surface area contributed by atoms with E-state index in [1.54, 1.807) is 14.2 Å². The van der Waals surface area contributed by atoms with Crippen molar-refractivity contribution >= 4 is 11.8 Å². The molecule has 1 atom stereocenters. The number of carbonyl (C=O) groups is 2. The first-order valence-corrected chi connectivity index (χ1v) is 7.03. The Balaban J connectivity index is 2.08. The molecule has 0 spiro atoms. The zero-order chi connectivity index (χ0) is 16.1. The van der Waals surface area contributed by atoms with Crippen LogP contribution in [-0.4, -0.2) is 44.0 Å². The number of amides is 2. The van der Waals surface area contributed by atoms with Gasteiger partial charge in [-0.25, -0.2) is 0 Å². The molecule has 1 aromatic carbocycles. The second-order valence-electron chi connectivity index (χ2n) is 5.03. The van der Waals surface area contributed by atoms with E-state index in [1.165, 1.54) is 11.0 Å². The Labute approximate surface area is 129 Å². The molecule has 0 saturated heterocycles. The summed E-state index contributed by atoms with van der Waals surface area (Å²) in [5.74, 6) is 0.801. The van der Waals surface area contributed by atoms with Crippen LogP contribution in [0.3, 0.4) is 0 Å². The minimum Gasteiger partial charge on any atom is -0.493 e. The van der Waals surface area contributed by atoms with Crippen molar-refractivity contribution in [3.8, 4) is 11.5 Å². The molecular formula is C16H20N2O4. The molecule has 0 radical (unpaired) electrons. The molecule has 1 heterocycles. The predicted molar refractivity (Wildman–Crippen MR) is 81.8 cm³/mol. The van der Waals surface area contributed by atoms with E-state index in [-0.39, 0.29) is 24.4 Å². The molecule has 2 amide bonds. The normalized spacial score (nSPS) is 16.0. The average molecular weight is 304 g/mol. The van der Waals surface area contributed by atoms with Gasteiger partial charge in [-0.15, -0.1) is 0 Å². The maximum atomic E-state index is 12.1. The summed E-state index contributed by atoms with van der Waals surface area (Å²) in [6, 6.07) is 5.43. The fourth-order valence-electron chi connectivity index (χ4n) is 2.40. The molecule has 0 saturated carbocycles. The third-order valence-corrected chi connectivity index (χ3v) is 3.52. The number of likely N-dealkylation sites (N-methyl/N-ethyl adjacent to an activating group) is 1. The molecule has 0 fully saturated rings. The van der Waals surface area contributed by atoms with Crippen molar-refractivity contribution in [2.24, 2.45) is 0 Å². The number of hydrogen-bond acceptors (Lipinski definition) is 4. The highest BCUT2D eigenvalue weighted by atomic mass is 16.5. The molecule has 0 aromatic heterocycles. The van der Waals surface area contributed by atoms with Gasteiger partial charge in [-0.05, 0) is 12.1 Å². The van der Waals surface area contributed by atoms with Gasteiger partial charge in [-0.3, -0.25) is 9.59 Å². The predicted octanol–water partition coefficient (Wildman–Crippen LogP) is 1.28. The van der Waals surface area contributed by atoms with Crippen molar-refractivity contribution in [2.75, 3.05) is 27.3 Å². The van der Waals surface area contributed by atoms with Crippen LogP contribution in [0.4, 0.5) is 0 Å². The van der Waals surface area contributed by atoms with Gasteiger partial charge < -0.3 is 19.7 Å². The number of fused-ring (bicyclic) bond motifs is 1. The molecule has 6 heteroatoms. The first-order valence-electron chi connectivity index (χ1n) is 7.03. The molecule has 1 aliphatic rings. The van der Waals surface area contributed by atoms with Gasteiger partial charge in [-0.2, -0.15) is 0 Å². The van der Waals surface area contributed by atoms with Crippen molar-refractivity contribution in [1.29, 1.82) is 0 Å². The molecule has 1 aliphatic heterocycles. The van der Waals surface area contributed by atoms with Crippen molar-refractivity contribution in [2.45, 2.75) is 12.5 Å². The highest BCUT2D eigenvalue weighted by molar-refractivity contribution is 5.90. The van der Waals surface area contributed by atoms with Gasteiger partial charge in [0.05, 0.1) is 26.3 Å². The smallest absolute Gasteiger partial charge is 0.246 e. The Kier molecular flexibility index (Phi) is 5.04. The van der Waals surface area contributed by atoms with Gasteiger partial charge >= 0.3 is 0 Å². The molecule has 2 rings (SSSR count). The molecule has 118 valence electrons. The number of methoxy groups -OCH3 is 1. The molecular weight excluding hydrogens is 284 g/mol. The summed E-state index contributed by atoms with van der Waals surface area (Å²) in [4.78, 5) is 24.8. The molecule has 0 aliphatic carbocycles. The van der Waals surface area contributed by atoms with Crippen LogP contribution in [0, 0.1) is 0 Å². The summed E-state index contributed by atoms with van der Waals surface area (Å²) in [6.07, 6.45) is 1.85. The van der Waals surface area contributed by atoms with Crippen molar-refractivity contribution < 1.29 is 19.1 Å². The summed E-state index contributed by atoms with van der Waals surface area (Å²) < 4.78 is 10.9. The maximum absolute atomic E-state index is 12.1. The molecule has 6 nitrogen and oxygen atoms in total. The van der Waals surface area contributed by atoms with Gasteiger partial charge in [0.15, 0.2) is 11.5 Å². The lowest BCUT2D eigenvalue weighted by Gasteiger charge is -2.28. The van der Waals surface area contributed by atoms with Gasteiger partial charge in [0.25, 0.3) is 0 Å². The van der Waals surface area contributed by atoms with E-state index >= 15 is 0 Å². The Morgan fingerprint density at radius 1 is 1.55 bits per heavy atom. The van der Waals surface area contributed by atoms with E-state index in [0.29, 0.717) is 24.5 Å². The fourth-order valence-corrected chi connectivity index (χ4v) is 2.40. The summed E-state index contributed by atoms with van der Waals surface area (Å²) in [7, 11) is 3.14. The Hall–Kier alpha value is -2.50. The Morgan fingerprint density at radius 2 is 2.32 bits per heavy atom. The Bertz CT molecular complexity index is 586. The first-order chi connectivity index (χ1) is 10.6. The van der Waals surface area contributed by atoms with Gasteiger partial charge in [-0.1, -0.05) is 18.7 Å². The largest absolute Gasteiger partial charge is 0.493 e. The van der Waals surface area contributed by atoms with Crippen LogP contribution in [0.1, 0.15) is 18.0 Å². The number of nitrogens with one attached hydrogen (secondary N) is 1. The molecule has 1 unspecified atom stereocenters. The van der Waals surface area contributed by atoms with Crippen molar-refractivity contribution in [3.05, 3.63) is 36.4 Å². The highest BCUT2D eigenvalue weighted by Crippen LogP contribution is 2.39. The van der Waals surface area contributed by atoms with Crippen molar-refractivity contribution in [1.82, 2.24) is 10.2 Å². The van der Waals surface area contributed by atoms with E-state index in [0.717, 1.165) is 5.56 Å². The third kappa shape index (κ3) is 3.39. The number of ether oxygens (including phenoxy) is 2.